The van der Waals surface area contributed by atoms with Gasteiger partial charge in [0.1, 0.15) is 92.0 Å². The topological polar surface area (TPSA) is 158 Å². The first-order valence-corrected chi connectivity index (χ1v) is 32.6. The van der Waals surface area contributed by atoms with Crippen LogP contribution in [0.4, 0.5) is 39.5 Å². The van der Waals surface area contributed by atoms with Crippen molar-refractivity contribution in [3.8, 4) is 0 Å². The zero-order chi connectivity index (χ0) is 75.7. The van der Waals surface area contributed by atoms with Crippen LogP contribution in [-0.4, -0.2) is 35.8 Å². The average molecular weight is 1590 g/mol. The number of benzene rings is 6. The monoisotopic (exact) mass is 1590 g/mol. The molecule has 111 heavy (non-hydrogen) atoms. The molecule has 0 aliphatic rings. The predicted molar refractivity (Wildman–Crippen MR) is 442 cm³/mol. The number of carbonyl (C=O) groups excluding carboxylic acids is 6. The van der Waals surface area contributed by atoms with Gasteiger partial charge in [-0.1, -0.05) is 179 Å². The van der Waals surface area contributed by atoms with Gasteiger partial charge >= 0.3 is 35.8 Å². The Kier molecular flexibility index (Phi) is 71.0. The molecule has 0 saturated carbocycles. The molecule has 0 saturated heterocycles. The molecule has 0 unspecified atom stereocenters. The van der Waals surface area contributed by atoms with Gasteiger partial charge in [-0.05, 0) is 205 Å². The SMILES string of the molecule is C.C.C.C.C.C.C.C.C.C.C.C.CCC(C)(C)C(=O)OCc1c(F)cccc1F.CCC(C)(C)C(=O)OCc1cc(F)cc(F)c1.CCC(C)(C)C(=O)OCc1ccc(F)cc1.CCC(C)(C)C(=O)OCc1ccc(F)cc1F.CCC(C)(C)C(=O)OCc1cccc(F)c1.CCC(C)(C)C(=O)OCc1ccccc1F. The molecule has 0 radical (unpaired) electrons. The molecule has 0 aliphatic carbocycles. The minimum Gasteiger partial charge on any atom is -0.460 e. The Labute approximate surface area is 667 Å². The van der Waals surface area contributed by atoms with Crippen molar-refractivity contribution in [2.45, 2.75) is 292 Å². The van der Waals surface area contributed by atoms with Crippen LogP contribution in [0.25, 0.3) is 0 Å². The second kappa shape index (κ2) is 61.1. The lowest BCUT2D eigenvalue weighted by molar-refractivity contribution is -0.156. The molecule has 0 bridgehead atoms. The van der Waals surface area contributed by atoms with Crippen LogP contribution < -0.4 is 0 Å². The number of ether oxygens (including phenoxy) is 6. The Morgan fingerprint density at radius 3 is 0.847 bits per heavy atom. The smallest absolute Gasteiger partial charge is 0.311 e. The molecule has 0 amide bonds. The largest absolute Gasteiger partial charge is 0.460 e. The number of hydrogen-bond acceptors (Lipinski definition) is 12. The van der Waals surface area contributed by atoms with E-state index in [4.69, 9.17) is 28.4 Å². The van der Waals surface area contributed by atoms with Crippen molar-refractivity contribution < 1.29 is 96.7 Å². The summed E-state index contributed by atoms with van der Waals surface area (Å²) < 4.78 is 147. The van der Waals surface area contributed by atoms with Crippen molar-refractivity contribution in [2.24, 2.45) is 32.5 Å². The van der Waals surface area contributed by atoms with E-state index in [0.29, 0.717) is 42.4 Å². The molecule has 12 nitrogen and oxygen atoms in total. The molecule has 0 aliphatic heterocycles. The number of rotatable bonds is 24. The Balaban J connectivity index is -0.000000104. The number of esters is 6. The first kappa shape index (κ1) is 129. The maximum Gasteiger partial charge on any atom is 0.311 e. The van der Waals surface area contributed by atoms with Crippen molar-refractivity contribution in [2.75, 3.05) is 0 Å². The summed E-state index contributed by atoms with van der Waals surface area (Å²) in [6, 6.07) is 28.1. The van der Waals surface area contributed by atoms with Crippen LogP contribution >= 0.6 is 0 Å². The predicted octanol–water partition coefficient (Wildman–Crippen LogP) is 27.9. The third kappa shape index (κ3) is 47.5. The lowest BCUT2D eigenvalue weighted by Crippen LogP contribution is -2.25. The van der Waals surface area contributed by atoms with Crippen LogP contribution in [0.3, 0.4) is 0 Å². The average Bonchev–Trinajstić information content (AvgIpc) is 0.879. The minimum atomic E-state index is -0.702. The van der Waals surface area contributed by atoms with Gasteiger partial charge in [-0.15, -0.1) is 0 Å². The lowest BCUT2D eigenvalue weighted by atomic mass is 9.91. The third-order valence-electron chi connectivity index (χ3n) is 16.6. The standard InChI is InChI=1S/3C13H16F2O2.3C13H17FO2.12CH4/c1-4-13(2,3)12(16)17-8-9-5-10(14)7-11(15)6-9;1-4-13(2,3)12(16)17-8-9-5-6-10(14)7-11(9)15;1-4-13(2,3)12(16)17-8-9-10(14)6-5-7-11(9)15;1-4-13(2,3)12(15)16-9-10-5-7-11(14)8-6-10;1-4-13(2,3)12(15)16-9-10-6-5-7-11(14)8-10;1-4-13(2,3)12(15)16-9-10-7-5-6-8-11(10)14;;;;;;;;;;;;/h3*5-7H,4,8H2,1-3H3;3*5-8H,4,9H2,1-3H3;12*1H4. The van der Waals surface area contributed by atoms with Gasteiger partial charge < -0.3 is 28.4 Å². The summed E-state index contributed by atoms with van der Waals surface area (Å²) in [7, 11) is 0. The second-order valence-electron chi connectivity index (χ2n) is 26.9. The van der Waals surface area contributed by atoms with E-state index in [-0.39, 0.29) is 187 Å². The summed E-state index contributed by atoms with van der Waals surface area (Å²) in [5.41, 5.74) is -1.12. The molecule has 642 valence electrons. The highest BCUT2D eigenvalue weighted by Gasteiger charge is 2.32. The molecule has 6 aromatic rings. The van der Waals surface area contributed by atoms with Gasteiger partial charge in [-0.25, -0.2) is 39.5 Å². The fraction of sp³-hybridized carbons (Fsp3) is 0.533. The summed E-state index contributed by atoms with van der Waals surface area (Å²) in [6.07, 6.45) is 4.03. The number of halogens is 9. The van der Waals surface area contributed by atoms with E-state index < -0.39 is 73.4 Å². The van der Waals surface area contributed by atoms with Gasteiger partial charge in [-0.2, -0.15) is 0 Å². The van der Waals surface area contributed by atoms with E-state index >= 15 is 0 Å². The van der Waals surface area contributed by atoms with Crippen LogP contribution in [0.15, 0.2) is 127 Å². The fourth-order valence-electron chi connectivity index (χ4n) is 6.74. The molecule has 0 aromatic heterocycles. The maximum absolute atomic E-state index is 13.2. The molecule has 0 spiro atoms. The highest BCUT2D eigenvalue weighted by molar-refractivity contribution is 5.78. The molecule has 0 atom stereocenters. The van der Waals surface area contributed by atoms with Crippen molar-refractivity contribution in [1.82, 2.24) is 0 Å². The van der Waals surface area contributed by atoms with Crippen LogP contribution in [-0.2, 0) is 96.8 Å². The van der Waals surface area contributed by atoms with Gasteiger partial charge in [0.2, 0.25) is 0 Å². The van der Waals surface area contributed by atoms with Gasteiger partial charge in [0.25, 0.3) is 0 Å². The van der Waals surface area contributed by atoms with Crippen molar-refractivity contribution in [3.05, 3.63) is 213 Å². The van der Waals surface area contributed by atoms with E-state index in [9.17, 15) is 68.3 Å². The normalized spacial score (nSPS) is 10.1. The Morgan fingerprint density at radius 2 is 0.514 bits per heavy atom. The van der Waals surface area contributed by atoms with Crippen molar-refractivity contribution in [3.63, 3.8) is 0 Å². The minimum absolute atomic E-state index is 0. The molecule has 21 heteroatoms. The van der Waals surface area contributed by atoms with Crippen LogP contribution in [0, 0.1) is 84.8 Å². The summed E-state index contributed by atoms with van der Waals surface area (Å²) in [5, 5.41) is 0. The zero-order valence-corrected chi connectivity index (χ0v) is 60.4. The number of carbonyl (C=O) groups is 6. The Morgan fingerprint density at radius 1 is 0.243 bits per heavy atom. The molecule has 0 fully saturated rings. The van der Waals surface area contributed by atoms with E-state index in [1.165, 1.54) is 42.5 Å². The lowest BCUT2D eigenvalue weighted by Gasteiger charge is -2.20. The quantitative estimate of drug-likeness (QED) is 0.0321. The van der Waals surface area contributed by atoms with Crippen LogP contribution in [0.2, 0.25) is 0 Å². The van der Waals surface area contributed by atoms with Gasteiger partial charge in [0, 0.05) is 23.3 Å². The zero-order valence-electron chi connectivity index (χ0n) is 60.4. The second-order valence-corrected chi connectivity index (χ2v) is 26.9. The van der Waals surface area contributed by atoms with E-state index in [2.05, 4.69) is 0 Å². The molecule has 6 aromatic carbocycles. The third-order valence-corrected chi connectivity index (χ3v) is 16.6. The van der Waals surface area contributed by atoms with E-state index in [0.717, 1.165) is 60.9 Å². The van der Waals surface area contributed by atoms with Gasteiger partial charge in [-0.3, -0.25) is 28.8 Å². The summed E-state index contributed by atoms with van der Waals surface area (Å²) >= 11 is 0. The van der Waals surface area contributed by atoms with Crippen LogP contribution in [0.5, 0.6) is 0 Å². The van der Waals surface area contributed by atoms with Gasteiger partial charge in [0.15, 0.2) is 0 Å². The van der Waals surface area contributed by atoms with E-state index in [1.54, 1.807) is 84.0 Å². The fourth-order valence-corrected chi connectivity index (χ4v) is 6.74. The molecule has 0 heterocycles. The molecule has 0 N–H and O–H groups in total. The first-order valence-electron chi connectivity index (χ1n) is 32.6. The van der Waals surface area contributed by atoms with Crippen molar-refractivity contribution in [1.29, 1.82) is 0 Å². The number of hydrogen-bond donors (Lipinski definition) is 0. The highest BCUT2D eigenvalue weighted by atomic mass is 19.2. The summed E-state index contributed by atoms with van der Waals surface area (Å²) in [4.78, 5) is 69.8. The molecular formula is C90H147F9O12. The molecular weight excluding hydrogens is 1440 g/mol. The van der Waals surface area contributed by atoms with Crippen molar-refractivity contribution >= 4 is 35.8 Å². The van der Waals surface area contributed by atoms with Gasteiger partial charge in [0.05, 0.1) is 38.1 Å². The Bertz CT molecular complexity index is 3490. The van der Waals surface area contributed by atoms with E-state index in [1.807, 2.05) is 83.1 Å². The summed E-state index contributed by atoms with van der Waals surface area (Å²) in [5.74, 6) is -7.03. The Hall–Kier alpha value is -8.49. The molecule has 6 rings (SSSR count). The maximum atomic E-state index is 13.2. The highest BCUT2D eigenvalue weighted by Crippen LogP contribution is 2.28. The van der Waals surface area contributed by atoms with Crippen LogP contribution in [0.1, 0.15) is 286 Å². The summed E-state index contributed by atoms with van der Waals surface area (Å²) in [6.45, 7) is 32.6. The first-order chi connectivity index (χ1) is 46.0.